The van der Waals surface area contributed by atoms with Crippen LogP contribution in [0.15, 0.2) is 30.5 Å². The van der Waals surface area contributed by atoms with Crippen molar-refractivity contribution in [2.24, 2.45) is 0 Å². The van der Waals surface area contributed by atoms with E-state index in [9.17, 15) is 9.59 Å². The Kier molecular flexibility index (Phi) is 2.96. The number of carbonyl (C=O) groups is 2. The van der Waals surface area contributed by atoms with Crippen LogP contribution in [0.4, 0.5) is 0 Å². The summed E-state index contributed by atoms with van der Waals surface area (Å²) in [6.45, 7) is 0. The Morgan fingerprint density at radius 2 is 1.48 bits per heavy atom. The Morgan fingerprint density at radius 3 is 2.04 bits per heavy atom. The van der Waals surface area contributed by atoms with Crippen LogP contribution in [-0.2, 0) is 0 Å². The molecule has 0 aliphatic heterocycles. The third kappa shape index (κ3) is 1.69. The number of ketones is 2. The third-order valence-corrected chi connectivity index (χ3v) is 4.80. The summed E-state index contributed by atoms with van der Waals surface area (Å²) in [6, 6.07) is 6.79. The number of benzene rings is 2. The van der Waals surface area contributed by atoms with Crippen molar-refractivity contribution in [1.82, 2.24) is 4.37 Å². The molecule has 6 heteroatoms. The largest absolute Gasteiger partial charge is 0.495 e. The molecule has 0 fully saturated rings. The van der Waals surface area contributed by atoms with E-state index in [4.69, 9.17) is 9.47 Å². The molecule has 114 valence electrons. The first-order valence-electron chi connectivity index (χ1n) is 6.89. The second kappa shape index (κ2) is 4.89. The first kappa shape index (κ1) is 13.9. The Labute approximate surface area is 135 Å². The average Bonchev–Trinajstić information content (AvgIpc) is 3.06. The molecular weight excluding hydrogens is 314 g/mol. The lowest BCUT2D eigenvalue weighted by molar-refractivity contribution is 0.0974. The van der Waals surface area contributed by atoms with E-state index in [-0.39, 0.29) is 22.7 Å². The third-order valence-electron chi connectivity index (χ3n) is 4.00. The highest BCUT2D eigenvalue weighted by Crippen LogP contribution is 2.46. The molecule has 5 nitrogen and oxygen atoms in total. The zero-order valence-electron chi connectivity index (χ0n) is 12.4. The molecule has 0 N–H and O–H groups in total. The minimum Gasteiger partial charge on any atom is -0.495 e. The Morgan fingerprint density at radius 1 is 0.913 bits per heavy atom. The van der Waals surface area contributed by atoms with Gasteiger partial charge in [0.05, 0.1) is 36.9 Å². The predicted octanol–water partition coefficient (Wildman–Crippen LogP) is 3.09. The molecule has 0 spiro atoms. The minimum absolute atomic E-state index is 0.236. The number of ether oxygens (including phenoxy) is 2. The zero-order valence-corrected chi connectivity index (χ0v) is 13.2. The van der Waals surface area contributed by atoms with Gasteiger partial charge in [-0.05, 0) is 11.5 Å². The smallest absolute Gasteiger partial charge is 0.198 e. The van der Waals surface area contributed by atoms with Crippen LogP contribution in [0.1, 0.15) is 31.8 Å². The van der Waals surface area contributed by atoms with Crippen LogP contribution in [0.3, 0.4) is 0 Å². The van der Waals surface area contributed by atoms with Crippen molar-refractivity contribution in [3.05, 3.63) is 52.7 Å². The summed E-state index contributed by atoms with van der Waals surface area (Å²) >= 11 is 1.21. The van der Waals surface area contributed by atoms with Crippen LogP contribution in [0.5, 0.6) is 11.5 Å². The van der Waals surface area contributed by atoms with Crippen LogP contribution in [0, 0.1) is 0 Å². The maximum atomic E-state index is 13.0. The highest BCUT2D eigenvalue weighted by atomic mass is 32.1. The van der Waals surface area contributed by atoms with Gasteiger partial charge in [-0.1, -0.05) is 24.3 Å². The fourth-order valence-electron chi connectivity index (χ4n) is 3.03. The van der Waals surface area contributed by atoms with E-state index in [0.717, 1.165) is 0 Å². The lowest BCUT2D eigenvalue weighted by atomic mass is 9.82. The van der Waals surface area contributed by atoms with Crippen LogP contribution >= 0.6 is 11.5 Å². The van der Waals surface area contributed by atoms with Gasteiger partial charge in [0.2, 0.25) is 0 Å². The zero-order chi connectivity index (χ0) is 16.1. The van der Waals surface area contributed by atoms with Gasteiger partial charge in [-0.3, -0.25) is 9.59 Å². The summed E-state index contributed by atoms with van der Waals surface area (Å²) < 4.78 is 15.8. The number of hydrogen-bond donors (Lipinski definition) is 0. The summed E-state index contributed by atoms with van der Waals surface area (Å²) in [7, 11) is 2.97. The molecule has 0 bridgehead atoms. The second-order valence-electron chi connectivity index (χ2n) is 5.09. The molecule has 0 saturated carbocycles. The summed E-state index contributed by atoms with van der Waals surface area (Å²) in [4.78, 5) is 25.9. The number of aromatic nitrogens is 1. The quantitative estimate of drug-likeness (QED) is 0.566. The predicted molar refractivity (Wildman–Crippen MR) is 86.0 cm³/mol. The van der Waals surface area contributed by atoms with E-state index in [2.05, 4.69) is 4.37 Å². The van der Waals surface area contributed by atoms with E-state index < -0.39 is 0 Å². The summed E-state index contributed by atoms with van der Waals surface area (Å²) in [5.41, 5.74) is 1.27. The van der Waals surface area contributed by atoms with Gasteiger partial charge in [0.1, 0.15) is 16.2 Å². The lowest BCUT2D eigenvalue weighted by Gasteiger charge is -2.22. The maximum absolute atomic E-state index is 13.0. The van der Waals surface area contributed by atoms with Crippen LogP contribution in [0.2, 0.25) is 0 Å². The Hall–Kier alpha value is -2.73. The first-order chi connectivity index (χ1) is 11.2. The number of rotatable bonds is 2. The highest BCUT2D eigenvalue weighted by Gasteiger charge is 2.37. The van der Waals surface area contributed by atoms with Crippen LogP contribution in [0.25, 0.3) is 10.1 Å². The van der Waals surface area contributed by atoms with Crippen molar-refractivity contribution in [1.29, 1.82) is 0 Å². The molecule has 1 aromatic heterocycles. The van der Waals surface area contributed by atoms with Crippen LogP contribution < -0.4 is 9.47 Å². The second-order valence-corrected chi connectivity index (χ2v) is 5.89. The van der Waals surface area contributed by atoms with E-state index >= 15 is 0 Å². The van der Waals surface area contributed by atoms with Gasteiger partial charge in [0.15, 0.2) is 11.6 Å². The molecular formula is C17H11NO4S. The van der Waals surface area contributed by atoms with Crippen molar-refractivity contribution in [2.45, 2.75) is 0 Å². The maximum Gasteiger partial charge on any atom is 0.198 e. The minimum atomic E-state index is -0.238. The van der Waals surface area contributed by atoms with Crippen molar-refractivity contribution >= 4 is 33.2 Å². The van der Waals surface area contributed by atoms with E-state index in [1.54, 1.807) is 30.5 Å². The number of hydrogen-bond acceptors (Lipinski definition) is 6. The number of fused-ring (bicyclic) bond motifs is 3. The molecule has 4 rings (SSSR count). The van der Waals surface area contributed by atoms with Gasteiger partial charge in [-0.2, -0.15) is 4.37 Å². The normalized spacial score (nSPS) is 13.0. The van der Waals surface area contributed by atoms with Gasteiger partial charge in [0, 0.05) is 11.1 Å². The van der Waals surface area contributed by atoms with Gasteiger partial charge in [0.25, 0.3) is 0 Å². The molecule has 0 amide bonds. The molecule has 0 atom stereocenters. The fraction of sp³-hybridized carbons (Fsp3) is 0.118. The van der Waals surface area contributed by atoms with Gasteiger partial charge < -0.3 is 9.47 Å². The molecule has 1 aliphatic carbocycles. The summed E-state index contributed by atoms with van der Waals surface area (Å²) in [5, 5.41) is 0.675. The summed E-state index contributed by atoms with van der Waals surface area (Å²) in [5.74, 6) is 0.280. The molecule has 0 unspecified atom stereocenters. The standard InChI is InChI=1S/C17H11NO4S/c1-21-15-10-7-18-23-17(10)16(22-2)12-11(15)13(19)8-5-3-4-6-9(8)14(12)20/h3-7H,1-2H3. The van der Waals surface area contributed by atoms with Gasteiger partial charge in [-0.25, -0.2) is 0 Å². The first-order valence-corrected chi connectivity index (χ1v) is 7.67. The van der Waals surface area contributed by atoms with Gasteiger partial charge in [-0.15, -0.1) is 0 Å². The molecule has 23 heavy (non-hydrogen) atoms. The lowest BCUT2D eigenvalue weighted by Crippen LogP contribution is -2.22. The fourth-order valence-corrected chi connectivity index (χ4v) is 3.80. The Bertz CT molecular complexity index is 913. The molecule has 0 saturated heterocycles. The number of nitrogens with zero attached hydrogens (tertiary/aromatic N) is 1. The van der Waals surface area contributed by atoms with E-state index in [0.29, 0.717) is 32.7 Å². The number of carbonyl (C=O) groups excluding carboxylic acids is 2. The van der Waals surface area contributed by atoms with Crippen molar-refractivity contribution in [3.63, 3.8) is 0 Å². The monoisotopic (exact) mass is 325 g/mol. The summed E-state index contributed by atoms with van der Waals surface area (Å²) in [6.07, 6.45) is 1.62. The Balaban J connectivity index is 2.20. The molecule has 3 aromatic rings. The topological polar surface area (TPSA) is 65.5 Å². The van der Waals surface area contributed by atoms with Crippen molar-refractivity contribution in [2.75, 3.05) is 14.2 Å². The molecule has 1 aliphatic rings. The van der Waals surface area contributed by atoms with E-state index in [1.807, 2.05) is 0 Å². The SMILES string of the molecule is COc1c2c(c(OC)c3sncc13)C(=O)c1ccccc1C2=O. The molecule has 0 radical (unpaired) electrons. The van der Waals surface area contributed by atoms with E-state index in [1.165, 1.54) is 25.8 Å². The van der Waals surface area contributed by atoms with Gasteiger partial charge >= 0.3 is 0 Å². The van der Waals surface area contributed by atoms with Crippen molar-refractivity contribution in [3.8, 4) is 11.5 Å². The number of methoxy groups -OCH3 is 2. The average molecular weight is 325 g/mol. The van der Waals surface area contributed by atoms with Crippen molar-refractivity contribution < 1.29 is 19.1 Å². The van der Waals surface area contributed by atoms with Crippen LogP contribution in [-0.4, -0.2) is 30.2 Å². The highest BCUT2D eigenvalue weighted by molar-refractivity contribution is 7.13. The molecule has 2 aromatic carbocycles. The molecule has 1 heterocycles.